The Morgan fingerprint density at radius 2 is 1.70 bits per heavy atom. The standard InChI is InChI=1S/C17H30N2O/c1-14-5-9-18(10-6-14)11-16-3-7-17(8-4-16)12-19(13-17)15(2)20/h14,16H,3-13H2,1-2H3. The molecule has 0 aromatic heterocycles. The molecule has 0 unspecified atom stereocenters. The highest BCUT2D eigenvalue weighted by atomic mass is 16.2. The van der Waals surface area contributed by atoms with Crippen molar-refractivity contribution in [2.75, 3.05) is 32.7 Å². The van der Waals surface area contributed by atoms with Gasteiger partial charge in [-0.2, -0.15) is 0 Å². The van der Waals surface area contributed by atoms with Crippen molar-refractivity contribution in [1.82, 2.24) is 9.80 Å². The Hall–Kier alpha value is -0.570. The number of amides is 1. The summed E-state index contributed by atoms with van der Waals surface area (Å²) in [6, 6.07) is 0. The molecular formula is C17H30N2O. The Morgan fingerprint density at radius 1 is 1.10 bits per heavy atom. The fraction of sp³-hybridized carbons (Fsp3) is 0.941. The van der Waals surface area contributed by atoms with Gasteiger partial charge in [0.25, 0.3) is 0 Å². The molecule has 0 radical (unpaired) electrons. The fourth-order valence-corrected chi connectivity index (χ4v) is 4.38. The largest absolute Gasteiger partial charge is 0.342 e. The lowest BCUT2D eigenvalue weighted by Gasteiger charge is -2.53. The van der Waals surface area contributed by atoms with Gasteiger partial charge < -0.3 is 9.80 Å². The smallest absolute Gasteiger partial charge is 0.219 e. The minimum Gasteiger partial charge on any atom is -0.342 e. The molecular weight excluding hydrogens is 248 g/mol. The van der Waals surface area contributed by atoms with E-state index >= 15 is 0 Å². The molecule has 3 heteroatoms. The highest BCUT2D eigenvalue weighted by Crippen LogP contribution is 2.45. The molecule has 3 aliphatic rings. The first-order chi connectivity index (χ1) is 9.56. The van der Waals surface area contributed by atoms with Crippen molar-refractivity contribution in [2.45, 2.75) is 52.4 Å². The van der Waals surface area contributed by atoms with Gasteiger partial charge in [0.1, 0.15) is 0 Å². The molecule has 3 nitrogen and oxygen atoms in total. The normalized spacial score (nSPS) is 28.6. The molecule has 1 saturated carbocycles. The Labute approximate surface area is 123 Å². The van der Waals surface area contributed by atoms with E-state index in [1.165, 1.54) is 58.2 Å². The molecule has 1 spiro atoms. The second-order valence-electron chi connectivity index (χ2n) is 7.80. The van der Waals surface area contributed by atoms with Crippen molar-refractivity contribution in [3.63, 3.8) is 0 Å². The SMILES string of the molecule is CC(=O)N1CC2(CCC(CN3CCC(C)CC3)CC2)C1. The quantitative estimate of drug-likeness (QED) is 0.775. The van der Waals surface area contributed by atoms with Gasteiger partial charge in [-0.3, -0.25) is 4.79 Å². The predicted molar refractivity (Wildman–Crippen MR) is 81.5 cm³/mol. The third kappa shape index (κ3) is 3.03. The molecule has 1 amide bonds. The van der Waals surface area contributed by atoms with Gasteiger partial charge in [-0.15, -0.1) is 0 Å². The number of likely N-dealkylation sites (tertiary alicyclic amines) is 2. The van der Waals surface area contributed by atoms with E-state index in [1.807, 2.05) is 4.90 Å². The van der Waals surface area contributed by atoms with Crippen LogP contribution >= 0.6 is 0 Å². The van der Waals surface area contributed by atoms with Crippen LogP contribution in [0.15, 0.2) is 0 Å². The van der Waals surface area contributed by atoms with Crippen molar-refractivity contribution in [3.05, 3.63) is 0 Å². The van der Waals surface area contributed by atoms with Crippen LogP contribution in [0.25, 0.3) is 0 Å². The molecule has 0 N–H and O–H groups in total. The average Bonchev–Trinajstić information content (AvgIpc) is 2.39. The van der Waals surface area contributed by atoms with Crippen molar-refractivity contribution in [1.29, 1.82) is 0 Å². The van der Waals surface area contributed by atoms with Crippen LogP contribution in [-0.2, 0) is 4.79 Å². The van der Waals surface area contributed by atoms with Gasteiger partial charge >= 0.3 is 0 Å². The Morgan fingerprint density at radius 3 is 2.25 bits per heavy atom. The van der Waals surface area contributed by atoms with E-state index in [0.29, 0.717) is 5.41 Å². The molecule has 3 fully saturated rings. The van der Waals surface area contributed by atoms with Gasteiger partial charge in [-0.05, 0) is 63.5 Å². The number of hydrogen-bond acceptors (Lipinski definition) is 2. The molecule has 114 valence electrons. The zero-order valence-electron chi connectivity index (χ0n) is 13.2. The Balaban J connectivity index is 1.40. The van der Waals surface area contributed by atoms with Crippen LogP contribution in [-0.4, -0.2) is 48.4 Å². The third-order valence-corrected chi connectivity index (χ3v) is 6.06. The molecule has 0 aromatic carbocycles. The van der Waals surface area contributed by atoms with Gasteiger partial charge in [-0.1, -0.05) is 6.92 Å². The Kier molecular flexibility index (Phi) is 4.07. The van der Waals surface area contributed by atoms with E-state index in [1.54, 1.807) is 6.92 Å². The van der Waals surface area contributed by atoms with Gasteiger partial charge in [0.05, 0.1) is 0 Å². The average molecular weight is 278 g/mol. The summed E-state index contributed by atoms with van der Waals surface area (Å²) >= 11 is 0. The van der Waals surface area contributed by atoms with E-state index in [0.717, 1.165) is 24.9 Å². The zero-order valence-corrected chi connectivity index (χ0v) is 13.2. The fourth-order valence-electron chi connectivity index (χ4n) is 4.38. The number of carbonyl (C=O) groups excluding carboxylic acids is 1. The summed E-state index contributed by atoms with van der Waals surface area (Å²) in [7, 11) is 0. The van der Waals surface area contributed by atoms with E-state index in [4.69, 9.17) is 0 Å². The molecule has 3 rings (SSSR count). The maximum Gasteiger partial charge on any atom is 0.219 e. The lowest BCUT2D eigenvalue weighted by Crippen LogP contribution is -2.59. The van der Waals surface area contributed by atoms with Crippen LogP contribution in [0.2, 0.25) is 0 Å². The summed E-state index contributed by atoms with van der Waals surface area (Å²) in [6.45, 7) is 10.1. The number of hydrogen-bond donors (Lipinski definition) is 0. The van der Waals surface area contributed by atoms with E-state index in [-0.39, 0.29) is 5.91 Å². The Bertz CT molecular complexity index is 344. The lowest BCUT2D eigenvalue weighted by molar-refractivity contribution is -0.143. The van der Waals surface area contributed by atoms with Crippen LogP contribution in [0.4, 0.5) is 0 Å². The summed E-state index contributed by atoms with van der Waals surface area (Å²) in [6.07, 6.45) is 8.27. The number of carbonyl (C=O) groups is 1. The molecule has 0 bridgehead atoms. The molecule has 1 aliphatic carbocycles. The van der Waals surface area contributed by atoms with Crippen molar-refractivity contribution < 1.29 is 4.79 Å². The van der Waals surface area contributed by atoms with E-state index < -0.39 is 0 Å². The molecule has 2 saturated heterocycles. The van der Waals surface area contributed by atoms with Gasteiger partial charge in [0.2, 0.25) is 5.91 Å². The highest BCUT2D eigenvalue weighted by molar-refractivity contribution is 5.74. The summed E-state index contributed by atoms with van der Waals surface area (Å²) in [5, 5.41) is 0. The van der Waals surface area contributed by atoms with E-state index in [9.17, 15) is 4.79 Å². The highest BCUT2D eigenvalue weighted by Gasteiger charge is 2.46. The van der Waals surface area contributed by atoms with Crippen LogP contribution < -0.4 is 0 Å². The topological polar surface area (TPSA) is 23.6 Å². The van der Waals surface area contributed by atoms with Gasteiger partial charge in [0.15, 0.2) is 0 Å². The maximum absolute atomic E-state index is 11.3. The van der Waals surface area contributed by atoms with Gasteiger partial charge in [-0.25, -0.2) is 0 Å². The lowest BCUT2D eigenvalue weighted by atomic mass is 9.66. The minimum atomic E-state index is 0.264. The molecule has 0 aromatic rings. The zero-order chi connectivity index (χ0) is 14.2. The number of piperidine rings is 1. The maximum atomic E-state index is 11.3. The summed E-state index contributed by atoms with van der Waals surface area (Å²) < 4.78 is 0. The van der Waals surface area contributed by atoms with E-state index in [2.05, 4.69) is 11.8 Å². The summed E-state index contributed by atoms with van der Waals surface area (Å²) in [4.78, 5) is 16.0. The van der Waals surface area contributed by atoms with Crippen LogP contribution in [0.5, 0.6) is 0 Å². The van der Waals surface area contributed by atoms with Gasteiger partial charge in [0, 0.05) is 32.0 Å². The summed E-state index contributed by atoms with van der Waals surface area (Å²) in [5.74, 6) is 2.12. The number of nitrogens with zero attached hydrogens (tertiary/aromatic N) is 2. The van der Waals surface area contributed by atoms with Crippen molar-refractivity contribution >= 4 is 5.91 Å². The molecule has 0 atom stereocenters. The molecule has 20 heavy (non-hydrogen) atoms. The first-order valence-corrected chi connectivity index (χ1v) is 8.54. The first kappa shape index (κ1) is 14.4. The second-order valence-corrected chi connectivity index (χ2v) is 7.80. The van der Waals surface area contributed by atoms with Crippen LogP contribution in [0.1, 0.15) is 52.4 Å². The predicted octanol–water partition coefficient (Wildman–Crippen LogP) is 2.76. The molecule has 2 aliphatic heterocycles. The van der Waals surface area contributed by atoms with Crippen molar-refractivity contribution in [2.24, 2.45) is 17.3 Å². The minimum absolute atomic E-state index is 0.264. The first-order valence-electron chi connectivity index (χ1n) is 8.54. The van der Waals surface area contributed by atoms with Crippen molar-refractivity contribution in [3.8, 4) is 0 Å². The second kappa shape index (κ2) is 5.67. The molecule has 2 heterocycles. The van der Waals surface area contributed by atoms with Crippen LogP contribution in [0, 0.1) is 17.3 Å². The third-order valence-electron chi connectivity index (χ3n) is 6.06. The summed E-state index contributed by atoms with van der Waals surface area (Å²) in [5.41, 5.74) is 0.512. The number of rotatable bonds is 2. The van der Waals surface area contributed by atoms with Crippen LogP contribution in [0.3, 0.4) is 0 Å². The monoisotopic (exact) mass is 278 g/mol.